The number of carbonyl (C=O) groups is 1. The molecule has 3 aromatic rings. The fourth-order valence-electron chi connectivity index (χ4n) is 2.01. The molecule has 0 saturated heterocycles. The highest BCUT2D eigenvalue weighted by molar-refractivity contribution is 7.99. The van der Waals surface area contributed by atoms with Crippen LogP contribution in [0.25, 0.3) is 11.5 Å². The molecule has 0 atom stereocenters. The van der Waals surface area contributed by atoms with Crippen molar-refractivity contribution in [3.63, 3.8) is 0 Å². The van der Waals surface area contributed by atoms with E-state index in [4.69, 9.17) is 4.42 Å². The molecule has 0 saturated carbocycles. The summed E-state index contributed by atoms with van der Waals surface area (Å²) in [4.78, 5) is 37.3. The molecule has 2 heterocycles. The number of aryl methyl sites for hydroxylation is 1. The standard InChI is InChI=1S/C14H10N6O6S2/c1-7-5-15-13(28-7)16-11(21)6-27-14-18-17-12(26-14)8-2-9(19(22)23)4-10(3-8)20(24)25/h2-5H,6H2,1H3,(H,15,16,21). The molecule has 14 heteroatoms. The van der Waals surface area contributed by atoms with Crippen molar-refractivity contribution < 1.29 is 19.1 Å². The molecule has 1 aromatic carbocycles. The van der Waals surface area contributed by atoms with Crippen LogP contribution in [0.4, 0.5) is 16.5 Å². The van der Waals surface area contributed by atoms with Crippen molar-refractivity contribution >= 4 is 45.5 Å². The van der Waals surface area contributed by atoms with Gasteiger partial charge in [-0.2, -0.15) is 0 Å². The number of aromatic nitrogens is 3. The van der Waals surface area contributed by atoms with Gasteiger partial charge in [0.2, 0.25) is 11.8 Å². The van der Waals surface area contributed by atoms with Crippen molar-refractivity contribution in [1.82, 2.24) is 15.2 Å². The number of non-ortho nitro benzene ring substituents is 2. The Morgan fingerprint density at radius 3 is 2.46 bits per heavy atom. The summed E-state index contributed by atoms with van der Waals surface area (Å²) in [6.45, 7) is 1.86. The monoisotopic (exact) mass is 422 g/mol. The van der Waals surface area contributed by atoms with Crippen molar-refractivity contribution in [2.45, 2.75) is 12.1 Å². The maximum Gasteiger partial charge on any atom is 0.277 e. The zero-order valence-corrected chi connectivity index (χ0v) is 15.7. The molecule has 144 valence electrons. The first kappa shape index (κ1) is 19.4. The average Bonchev–Trinajstić information content (AvgIpc) is 3.28. The SMILES string of the molecule is Cc1cnc(NC(=O)CSc2nnc(-c3cc([N+](=O)[O-])cc([N+](=O)[O-])c3)o2)s1. The maximum absolute atomic E-state index is 11.9. The fraction of sp³-hybridized carbons (Fsp3) is 0.143. The van der Waals surface area contributed by atoms with Gasteiger partial charge in [-0.05, 0) is 6.92 Å². The van der Waals surface area contributed by atoms with E-state index in [-0.39, 0.29) is 28.3 Å². The van der Waals surface area contributed by atoms with Crippen LogP contribution in [0.5, 0.6) is 0 Å². The summed E-state index contributed by atoms with van der Waals surface area (Å²) in [6, 6.07) is 3.01. The van der Waals surface area contributed by atoms with Gasteiger partial charge in [0, 0.05) is 23.2 Å². The van der Waals surface area contributed by atoms with E-state index < -0.39 is 21.2 Å². The molecule has 0 spiro atoms. The van der Waals surface area contributed by atoms with Gasteiger partial charge in [-0.15, -0.1) is 21.5 Å². The average molecular weight is 422 g/mol. The van der Waals surface area contributed by atoms with E-state index in [1.54, 1.807) is 6.20 Å². The lowest BCUT2D eigenvalue weighted by Gasteiger charge is -1.99. The van der Waals surface area contributed by atoms with Gasteiger partial charge < -0.3 is 9.73 Å². The number of thioether (sulfide) groups is 1. The molecule has 0 bridgehead atoms. The smallest absolute Gasteiger partial charge is 0.277 e. The van der Waals surface area contributed by atoms with Gasteiger partial charge in [0.05, 0.1) is 27.2 Å². The van der Waals surface area contributed by atoms with E-state index in [2.05, 4.69) is 20.5 Å². The molecule has 3 rings (SSSR count). The van der Waals surface area contributed by atoms with E-state index in [1.807, 2.05) is 6.92 Å². The first-order valence-electron chi connectivity index (χ1n) is 7.44. The molecular weight excluding hydrogens is 412 g/mol. The van der Waals surface area contributed by atoms with E-state index >= 15 is 0 Å². The van der Waals surface area contributed by atoms with Crippen LogP contribution in [0.1, 0.15) is 4.88 Å². The van der Waals surface area contributed by atoms with E-state index in [0.29, 0.717) is 5.13 Å². The van der Waals surface area contributed by atoms with Crippen molar-refractivity contribution in [3.8, 4) is 11.5 Å². The Kier molecular flexibility index (Phi) is 5.60. The van der Waals surface area contributed by atoms with Gasteiger partial charge in [-0.3, -0.25) is 25.0 Å². The second-order valence-electron chi connectivity index (χ2n) is 5.24. The quantitative estimate of drug-likeness (QED) is 0.339. The number of carbonyl (C=O) groups excluding carboxylic acids is 1. The largest absolute Gasteiger partial charge is 0.411 e. The summed E-state index contributed by atoms with van der Waals surface area (Å²) in [5, 5.41) is 32.5. The van der Waals surface area contributed by atoms with Crippen LogP contribution in [-0.2, 0) is 4.79 Å². The Morgan fingerprint density at radius 2 is 1.89 bits per heavy atom. The van der Waals surface area contributed by atoms with Gasteiger partial charge in [-0.1, -0.05) is 11.8 Å². The molecule has 28 heavy (non-hydrogen) atoms. The molecule has 0 radical (unpaired) electrons. The summed E-state index contributed by atoms with van der Waals surface area (Å²) in [5.74, 6) is -0.495. The molecule has 0 aliphatic rings. The molecule has 0 aliphatic heterocycles. The zero-order chi connectivity index (χ0) is 20.3. The normalized spacial score (nSPS) is 10.6. The second kappa shape index (κ2) is 8.10. The van der Waals surface area contributed by atoms with E-state index in [0.717, 1.165) is 34.8 Å². The topological polar surface area (TPSA) is 167 Å². The molecular formula is C14H10N6O6S2. The third-order valence-electron chi connectivity index (χ3n) is 3.17. The number of amides is 1. The van der Waals surface area contributed by atoms with Crippen molar-refractivity contribution in [1.29, 1.82) is 0 Å². The highest BCUT2D eigenvalue weighted by Crippen LogP contribution is 2.30. The van der Waals surface area contributed by atoms with Crippen molar-refractivity contribution in [3.05, 3.63) is 49.5 Å². The molecule has 0 fully saturated rings. The van der Waals surface area contributed by atoms with E-state index in [1.165, 1.54) is 11.3 Å². The lowest BCUT2D eigenvalue weighted by atomic mass is 10.2. The molecule has 12 nitrogen and oxygen atoms in total. The van der Waals surface area contributed by atoms with Crippen LogP contribution in [0, 0.1) is 27.2 Å². The second-order valence-corrected chi connectivity index (χ2v) is 7.40. The predicted molar refractivity (Wildman–Crippen MR) is 99.2 cm³/mol. The van der Waals surface area contributed by atoms with Crippen LogP contribution in [-0.4, -0.2) is 36.7 Å². The Labute approximate surface area is 164 Å². The predicted octanol–water partition coefficient (Wildman–Crippen LogP) is 3.05. The van der Waals surface area contributed by atoms with Gasteiger partial charge in [0.25, 0.3) is 16.6 Å². The highest BCUT2D eigenvalue weighted by atomic mass is 32.2. The molecule has 0 unspecified atom stereocenters. The molecule has 1 N–H and O–H groups in total. The third-order valence-corrected chi connectivity index (χ3v) is 4.82. The van der Waals surface area contributed by atoms with Gasteiger partial charge >= 0.3 is 0 Å². The molecule has 2 aromatic heterocycles. The fourth-order valence-corrected chi connectivity index (χ4v) is 3.25. The van der Waals surface area contributed by atoms with Crippen molar-refractivity contribution in [2.75, 3.05) is 11.1 Å². The van der Waals surface area contributed by atoms with E-state index in [9.17, 15) is 25.0 Å². The Morgan fingerprint density at radius 1 is 1.21 bits per heavy atom. The number of anilines is 1. The number of hydrogen-bond acceptors (Lipinski definition) is 11. The number of hydrogen-bond donors (Lipinski definition) is 1. The van der Waals surface area contributed by atoms with Crippen LogP contribution in [0.2, 0.25) is 0 Å². The maximum atomic E-state index is 11.9. The van der Waals surface area contributed by atoms with Gasteiger partial charge in [-0.25, -0.2) is 4.98 Å². The van der Waals surface area contributed by atoms with Crippen LogP contribution < -0.4 is 5.32 Å². The summed E-state index contributed by atoms with van der Waals surface area (Å²) in [5.41, 5.74) is -0.924. The Balaban J connectivity index is 1.70. The van der Waals surface area contributed by atoms with Crippen LogP contribution in [0.15, 0.2) is 34.0 Å². The first-order valence-corrected chi connectivity index (χ1v) is 9.25. The van der Waals surface area contributed by atoms with Crippen molar-refractivity contribution in [2.24, 2.45) is 0 Å². The highest BCUT2D eigenvalue weighted by Gasteiger charge is 2.20. The number of nitro benzene ring substituents is 2. The Bertz CT molecular complexity index is 1030. The lowest BCUT2D eigenvalue weighted by Crippen LogP contribution is -2.13. The summed E-state index contributed by atoms with van der Waals surface area (Å²) >= 11 is 2.28. The van der Waals surface area contributed by atoms with Gasteiger partial charge in [0.1, 0.15) is 0 Å². The Hall–Kier alpha value is -3.39. The summed E-state index contributed by atoms with van der Waals surface area (Å²) in [6.07, 6.45) is 1.63. The first-order chi connectivity index (χ1) is 13.3. The van der Waals surface area contributed by atoms with Crippen LogP contribution >= 0.6 is 23.1 Å². The number of nitrogens with one attached hydrogen (secondary N) is 1. The molecule has 1 amide bonds. The number of nitrogens with zero attached hydrogens (tertiary/aromatic N) is 5. The van der Waals surface area contributed by atoms with Gasteiger partial charge in [0.15, 0.2) is 5.13 Å². The number of rotatable bonds is 7. The molecule has 0 aliphatic carbocycles. The van der Waals surface area contributed by atoms with Crippen LogP contribution in [0.3, 0.4) is 0 Å². The minimum absolute atomic E-state index is 0.0305. The minimum Gasteiger partial charge on any atom is -0.411 e. The summed E-state index contributed by atoms with van der Waals surface area (Å²) in [7, 11) is 0. The number of nitro groups is 2. The zero-order valence-electron chi connectivity index (χ0n) is 14.0. The third kappa shape index (κ3) is 4.66. The summed E-state index contributed by atoms with van der Waals surface area (Å²) < 4.78 is 5.35. The lowest BCUT2D eigenvalue weighted by molar-refractivity contribution is -0.394. The minimum atomic E-state index is -0.757. The number of benzene rings is 1. The number of thiazole rings is 1.